The van der Waals surface area contributed by atoms with Crippen LogP contribution < -0.4 is 15.4 Å². The van der Waals surface area contributed by atoms with Crippen LogP contribution in [0.1, 0.15) is 51.1 Å². The number of unbranched alkanes of at least 4 members (excludes halogenated alkanes) is 1. The molecule has 8 nitrogen and oxygen atoms in total. The first-order chi connectivity index (χ1) is 13.9. The van der Waals surface area contributed by atoms with E-state index in [1.54, 1.807) is 24.3 Å². The minimum absolute atomic E-state index is 0.302. The Kier molecular flexibility index (Phi) is 11.3. The molecule has 0 aliphatic rings. The first-order valence-corrected chi connectivity index (χ1v) is 9.66. The molecule has 0 spiro atoms. The van der Waals surface area contributed by atoms with Gasteiger partial charge in [0.15, 0.2) is 0 Å². The standard InChI is InChI=1S/C21H30N2O6/c1-3-4-5-6-7-8-19(27)29-18-11-9-16(10-12-18)20(22-15(2)26)21(28)23-17(13-24)14-25/h4-5,9-12,17,20,24-25H,3,6-8,13-14H2,1-2H3,(H,22,26)(H,23,28)/b5-4-. The lowest BCUT2D eigenvalue weighted by molar-refractivity contribution is -0.134. The van der Waals surface area contributed by atoms with Gasteiger partial charge in [-0.05, 0) is 37.0 Å². The van der Waals surface area contributed by atoms with E-state index in [0.717, 1.165) is 12.8 Å². The Morgan fingerprint density at radius 3 is 2.28 bits per heavy atom. The summed E-state index contributed by atoms with van der Waals surface area (Å²) in [6.07, 6.45) is 6.88. The molecule has 1 rings (SSSR count). The summed E-state index contributed by atoms with van der Waals surface area (Å²) in [7, 11) is 0. The SMILES string of the molecule is CC/C=C\CCCC(=O)Oc1ccc(C(NC(C)=O)C(=O)NC(CO)CO)cc1. The predicted molar refractivity (Wildman–Crippen MR) is 108 cm³/mol. The van der Waals surface area contributed by atoms with E-state index in [-0.39, 0.29) is 5.97 Å². The zero-order chi connectivity index (χ0) is 21.6. The van der Waals surface area contributed by atoms with Gasteiger partial charge in [0, 0.05) is 13.3 Å². The van der Waals surface area contributed by atoms with E-state index in [1.165, 1.54) is 6.92 Å². The van der Waals surface area contributed by atoms with Crippen molar-refractivity contribution in [3.8, 4) is 5.75 Å². The average Bonchev–Trinajstić information content (AvgIpc) is 2.70. The number of aliphatic hydroxyl groups is 2. The normalized spacial score (nSPS) is 12.0. The molecule has 1 unspecified atom stereocenters. The third kappa shape index (κ3) is 9.36. The van der Waals surface area contributed by atoms with Crippen molar-refractivity contribution in [3.63, 3.8) is 0 Å². The van der Waals surface area contributed by atoms with Gasteiger partial charge in [-0.25, -0.2) is 0 Å². The number of hydrogen-bond acceptors (Lipinski definition) is 6. The molecule has 0 saturated heterocycles. The molecule has 0 heterocycles. The minimum atomic E-state index is -1.01. The molecule has 2 amide bonds. The maximum absolute atomic E-state index is 12.4. The second kappa shape index (κ2) is 13.5. The van der Waals surface area contributed by atoms with Crippen LogP contribution in [-0.2, 0) is 14.4 Å². The fraction of sp³-hybridized carbons (Fsp3) is 0.476. The maximum atomic E-state index is 12.4. The number of hydrogen-bond donors (Lipinski definition) is 4. The number of ether oxygens (including phenoxy) is 1. The number of nitrogens with one attached hydrogen (secondary N) is 2. The van der Waals surface area contributed by atoms with Crippen molar-refractivity contribution >= 4 is 17.8 Å². The number of allylic oxidation sites excluding steroid dienone is 2. The second-order valence-electron chi connectivity index (χ2n) is 6.52. The van der Waals surface area contributed by atoms with Gasteiger partial charge in [-0.3, -0.25) is 14.4 Å². The molecule has 1 aromatic rings. The summed E-state index contributed by atoms with van der Waals surface area (Å²) in [5, 5.41) is 23.2. The lowest BCUT2D eigenvalue weighted by atomic mass is 10.1. The highest BCUT2D eigenvalue weighted by atomic mass is 16.5. The van der Waals surface area contributed by atoms with Gasteiger partial charge in [-0.2, -0.15) is 0 Å². The van der Waals surface area contributed by atoms with E-state index in [0.29, 0.717) is 24.2 Å². The number of amides is 2. The summed E-state index contributed by atoms with van der Waals surface area (Å²) in [5.41, 5.74) is 0.469. The Morgan fingerprint density at radius 1 is 1.07 bits per heavy atom. The highest BCUT2D eigenvalue weighted by Crippen LogP contribution is 2.19. The molecule has 0 saturated carbocycles. The minimum Gasteiger partial charge on any atom is -0.427 e. The summed E-state index contributed by atoms with van der Waals surface area (Å²) < 4.78 is 5.28. The van der Waals surface area contributed by atoms with Crippen molar-refractivity contribution in [2.75, 3.05) is 13.2 Å². The van der Waals surface area contributed by atoms with Crippen LogP contribution in [0.2, 0.25) is 0 Å². The van der Waals surface area contributed by atoms with E-state index in [2.05, 4.69) is 16.7 Å². The highest BCUT2D eigenvalue weighted by Gasteiger charge is 2.23. The monoisotopic (exact) mass is 406 g/mol. The zero-order valence-corrected chi connectivity index (χ0v) is 16.9. The third-order valence-electron chi connectivity index (χ3n) is 4.00. The molecule has 1 atom stereocenters. The van der Waals surface area contributed by atoms with Crippen LogP contribution in [0.3, 0.4) is 0 Å². The van der Waals surface area contributed by atoms with Gasteiger partial charge in [0.25, 0.3) is 0 Å². The topological polar surface area (TPSA) is 125 Å². The van der Waals surface area contributed by atoms with Gasteiger partial charge in [-0.1, -0.05) is 31.2 Å². The Balaban J connectivity index is 2.73. The van der Waals surface area contributed by atoms with Crippen LogP contribution in [0, 0.1) is 0 Å². The van der Waals surface area contributed by atoms with Crippen LogP contribution in [0.25, 0.3) is 0 Å². The molecule has 0 bridgehead atoms. The van der Waals surface area contributed by atoms with E-state index in [1.807, 2.05) is 13.0 Å². The summed E-state index contributed by atoms with van der Waals surface area (Å²) in [6, 6.07) is 4.39. The number of rotatable bonds is 12. The van der Waals surface area contributed by atoms with Crippen LogP contribution in [0.4, 0.5) is 0 Å². The Hall–Kier alpha value is -2.71. The highest BCUT2D eigenvalue weighted by molar-refractivity contribution is 5.88. The van der Waals surface area contributed by atoms with Gasteiger partial charge in [0.05, 0.1) is 19.3 Å². The molecule has 0 aliphatic carbocycles. The van der Waals surface area contributed by atoms with Gasteiger partial charge in [0.1, 0.15) is 11.8 Å². The molecule has 1 aromatic carbocycles. The number of carbonyl (C=O) groups excluding carboxylic acids is 3. The molecular formula is C21H30N2O6. The van der Waals surface area contributed by atoms with Gasteiger partial charge < -0.3 is 25.6 Å². The van der Waals surface area contributed by atoms with E-state index in [4.69, 9.17) is 14.9 Å². The van der Waals surface area contributed by atoms with Crippen molar-refractivity contribution < 1.29 is 29.3 Å². The lowest BCUT2D eigenvalue weighted by Crippen LogP contribution is -2.46. The van der Waals surface area contributed by atoms with Crippen LogP contribution in [0.15, 0.2) is 36.4 Å². The summed E-state index contributed by atoms with van der Waals surface area (Å²) >= 11 is 0. The first kappa shape index (κ1) is 24.3. The summed E-state index contributed by atoms with van der Waals surface area (Å²) in [6.45, 7) is 2.46. The van der Waals surface area contributed by atoms with Crippen molar-refractivity contribution in [1.82, 2.24) is 10.6 Å². The molecule has 0 fully saturated rings. The molecule has 8 heteroatoms. The lowest BCUT2D eigenvalue weighted by Gasteiger charge is -2.21. The molecule has 0 radical (unpaired) electrons. The molecule has 0 aromatic heterocycles. The Morgan fingerprint density at radius 2 is 1.72 bits per heavy atom. The largest absolute Gasteiger partial charge is 0.427 e. The number of esters is 1. The third-order valence-corrected chi connectivity index (χ3v) is 4.00. The molecule has 160 valence electrons. The van der Waals surface area contributed by atoms with E-state index < -0.39 is 37.1 Å². The summed E-state index contributed by atoms with van der Waals surface area (Å²) in [4.78, 5) is 35.8. The van der Waals surface area contributed by atoms with Gasteiger partial charge >= 0.3 is 5.97 Å². The van der Waals surface area contributed by atoms with Crippen LogP contribution >= 0.6 is 0 Å². The zero-order valence-electron chi connectivity index (χ0n) is 16.9. The Bertz CT molecular complexity index is 683. The van der Waals surface area contributed by atoms with Gasteiger partial charge in [-0.15, -0.1) is 0 Å². The van der Waals surface area contributed by atoms with Crippen molar-refractivity contribution in [2.45, 2.75) is 51.6 Å². The van der Waals surface area contributed by atoms with E-state index >= 15 is 0 Å². The average molecular weight is 406 g/mol. The molecule has 0 aliphatic heterocycles. The fourth-order valence-electron chi connectivity index (χ4n) is 2.50. The number of benzene rings is 1. The van der Waals surface area contributed by atoms with Crippen molar-refractivity contribution in [3.05, 3.63) is 42.0 Å². The molecule has 4 N–H and O–H groups in total. The quantitative estimate of drug-likeness (QED) is 0.180. The Labute approximate surface area is 171 Å². The number of aliphatic hydroxyl groups excluding tert-OH is 2. The van der Waals surface area contributed by atoms with Gasteiger partial charge in [0.2, 0.25) is 11.8 Å². The maximum Gasteiger partial charge on any atom is 0.311 e. The smallest absolute Gasteiger partial charge is 0.311 e. The second-order valence-corrected chi connectivity index (χ2v) is 6.52. The van der Waals surface area contributed by atoms with E-state index in [9.17, 15) is 14.4 Å². The predicted octanol–water partition coefficient (Wildman–Crippen LogP) is 1.38. The fourth-order valence-corrected chi connectivity index (χ4v) is 2.50. The first-order valence-electron chi connectivity index (χ1n) is 9.66. The summed E-state index contributed by atoms with van der Waals surface area (Å²) in [5.74, 6) is -0.985. The molecule has 29 heavy (non-hydrogen) atoms. The van der Waals surface area contributed by atoms with Crippen molar-refractivity contribution in [2.24, 2.45) is 0 Å². The van der Waals surface area contributed by atoms with Crippen molar-refractivity contribution in [1.29, 1.82) is 0 Å². The number of carbonyl (C=O) groups is 3. The van der Waals surface area contributed by atoms with Crippen LogP contribution in [0.5, 0.6) is 5.75 Å². The molecular weight excluding hydrogens is 376 g/mol. The van der Waals surface area contributed by atoms with Crippen LogP contribution in [-0.4, -0.2) is 47.3 Å².